The predicted molar refractivity (Wildman–Crippen MR) is 54.4 cm³/mol. The van der Waals surface area contributed by atoms with Gasteiger partial charge in [0.2, 0.25) is 0 Å². The third-order valence-corrected chi connectivity index (χ3v) is 2.13. The van der Waals surface area contributed by atoms with Crippen molar-refractivity contribution in [1.29, 1.82) is 0 Å². The smallest absolute Gasteiger partial charge is 0.177 e. The fourth-order valence-corrected chi connectivity index (χ4v) is 0.976. The third kappa shape index (κ3) is 4.97. The lowest BCUT2D eigenvalue weighted by molar-refractivity contribution is -0.139. The minimum atomic E-state index is -1.79. The predicted octanol–water partition coefficient (Wildman–Crippen LogP) is -3.05. The highest BCUT2D eigenvalue weighted by atomic mass is 16.4. The Balaban J connectivity index is 4.07. The Morgan fingerprint density at radius 2 is 1.81 bits per heavy atom. The van der Waals surface area contributed by atoms with Crippen molar-refractivity contribution in [2.24, 2.45) is 0 Å². The SMILES string of the molecule is CCC(O)NCC(=O)[C@@H](O)[C@H](O)[C@H](O)CO. The van der Waals surface area contributed by atoms with Gasteiger partial charge < -0.3 is 25.5 Å². The summed E-state index contributed by atoms with van der Waals surface area (Å²) in [6, 6.07) is 0. The zero-order valence-corrected chi connectivity index (χ0v) is 9.08. The number of hydrogen-bond donors (Lipinski definition) is 6. The van der Waals surface area contributed by atoms with Gasteiger partial charge in [-0.2, -0.15) is 0 Å². The van der Waals surface area contributed by atoms with Crippen LogP contribution >= 0.6 is 0 Å². The van der Waals surface area contributed by atoms with Gasteiger partial charge >= 0.3 is 0 Å². The van der Waals surface area contributed by atoms with Crippen molar-refractivity contribution < 1.29 is 30.3 Å². The summed E-state index contributed by atoms with van der Waals surface area (Å²) in [5.41, 5.74) is 0. The van der Waals surface area contributed by atoms with Crippen LogP contribution in [0.2, 0.25) is 0 Å². The van der Waals surface area contributed by atoms with Crippen LogP contribution < -0.4 is 5.32 Å². The second kappa shape index (κ2) is 7.66. The third-order valence-electron chi connectivity index (χ3n) is 2.13. The summed E-state index contributed by atoms with van der Waals surface area (Å²) in [4.78, 5) is 11.2. The van der Waals surface area contributed by atoms with Crippen molar-refractivity contribution in [2.45, 2.75) is 37.9 Å². The van der Waals surface area contributed by atoms with E-state index in [9.17, 15) is 15.0 Å². The number of Topliss-reactive ketones (excluding diaryl/α,β-unsaturated/α-hetero) is 1. The second-order valence-corrected chi connectivity index (χ2v) is 3.46. The number of nitrogens with one attached hydrogen (secondary N) is 1. The van der Waals surface area contributed by atoms with Crippen LogP contribution in [0, 0.1) is 0 Å². The molecule has 1 unspecified atom stereocenters. The van der Waals surface area contributed by atoms with E-state index in [1.54, 1.807) is 6.92 Å². The van der Waals surface area contributed by atoms with Gasteiger partial charge in [-0.05, 0) is 6.42 Å². The fourth-order valence-electron chi connectivity index (χ4n) is 0.976. The maximum atomic E-state index is 11.2. The lowest BCUT2D eigenvalue weighted by atomic mass is 10.0. The molecule has 0 aromatic heterocycles. The highest BCUT2D eigenvalue weighted by Gasteiger charge is 2.29. The monoisotopic (exact) mass is 237 g/mol. The van der Waals surface area contributed by atoms with Crippen LogP contribution in [0.4, 0.5) is 0 Å². The molecule has 96 valence electrons. The summed E-state index contributed by atoms with van der Waals surface area (Å²) >= 11 is 0. The maximum absolute atomic E-state index is 11.2. The van der Waals surface area contributed by atoms with E-state index in [0.717, 1.165) is 0 Å². The van der Waals surface area contributed by atoms with Crippen molar-refractivity contribution in [3.8, 4) is 0 Å². The molecule has 0 bridgehead atoms. The van der Waals surface area contributed by atoms with Gasteiger partial charge in [-0.25, -0.2) is 0 Å². The van der Waals surface area contributed by atoms with Crippen molar-refractivity contribution in [3.63, 3.8) is 0 Å². The van der Waals surface area contributed by atoms with E-state index in [1.165, 1.54) is 0 Å². The van der Waals surface area contributed by atoms with Gasteiger partial charge in [0, 0.05) is 0 Å². The summed E-state index contributed by atoms with van der Waals surface area (Å²) in [7, 11) is 0. The van der Waals surface area contributed by atoms with Crippen LogP contribution in [0.3, 0.4) is 0 Å². The molecule has 0 aliphatic carbocycles. The number of rotatable bonds is 8. The van der Waals surface area contributed by atoms with Gasteiger partial charge in [-0.15, -0.1) is 0 Å². The topological polar surface area (TPSA) is 130 Å². The molecule has 0 heterocycles. The summed E-state index contributed by atoms with van der Waals surface area (Å²) in [5.74, 6) is -0.771. The molecule has 0 aromatic rings. The number of aliphatic hydroxyl groups excluding tert-OH is 5. The number of hydrogen-bond acceptors (Lipinski definition) is 7. The summed E-state index contributed by atoms with van der Waals surface area (Å²) in [6.45, 7) is 0.616. The largest absolute Gasteiger partial charge is 0.394 e. The average Bonchev–Trinajstić information content (AvgIpc) is 2.32. The standard InChI is InChI=1S/C9H19NO6/c1-2-7(14)10-3-5(12)8(15)9(16)6(13)4-11/h6-11,13-16H,2-4H2,1H3/t6-,7?,8-,9-/m1/s1. The Morgan fingerprint density at radius 1 is 1.25 bits per heavy atom. The Bertz CT molecular complexity index is 212. The first-order valence-electron chi connectivity index (χ1n) is 5.03. The molecule has 0 aromatic carbocycles. The Labute approximate surface area is 93.3 Å². The van der Waals surface area contributed by atoms with Crippen LogP contribution in [0.1, 0.15) is 13.3 Å². The first kappa shape index (κ1) is 15.4. The summed E-state index contributed by atoms with van der Waals surface area (Å²) in [5, 5.41) is 47.5. The molecule has 6 N–H and O–H groups in total. The molecular weight excluding hydrogens is 218 g/mol. The minimum absolute atomic E-state index is 0.328. The normalized spacial score (nSPS) is 18.9. The van der Waals surface area contributed by atoms with E-state index in [2.05, 4.69) is 5.32 Å². The molecule has 0 radical (unpaired) electrons. The Morgan fingerprint density at radius 3 is 2.25 bits per heavy atom. The van der Waals surface area contributed by atoms with E-state index in [-0.39, 0.29) is 6.54 Å². The zero-order chi connectivity index (χ0) is 12.7. The fraction of sp³-hybridized carbons (Fsp3) is 0.889. The van der Waals surface area contributed by atoms with E-state index >= 15 is 0 Å². The van der Waals surface area contributed by atoms with E-state index in [1.807, 2.05) is 0 Å². The number of ketones is 1. The lowest BCUT2D eigenvalue weighted by Crippen LogP contribution is -2.47. The van der Waals surface area contributed by atoms with Crippen molar-refractivity contribution >= 4 is 5.78 Å². The first-order chi connectivity index (χ1) is 7.43. The van der Waals surface area contributed by atoms with Crippen LogP contribution in [-0.4, -0.2) is 69.0 Å². The molecule has 0 spiro atoms. The highest BCUT2D eigenvalue weighted by Crippen LogP contribution is 2.01. The zero-order valence-electron chi connectivity index (χ0n) is 9.08. The summed E-state index contributed by atoms with van der Waals surface area (Å²) < 4.78 is 0. The van der Waals surface area contributed by atoms with Crippen LogP contribution in [0.15, 0.2) is 0 Å². The summed E-state index contributed by atoms with van der Waals surface area (Å²) in [6.07, 6.45) is -5.58. The van der Waals surface area contributed by atoms with E-state index in [4.69, 9.17) is 15.3 Å². The van der Waals surface area contributed by atoms with E-state index in [0.29, 0.717) is 6.42 Å². The van der Waals surface area contributed by atoms with Crippen LogP contribution in [0.25, 0.3) is 0 Å². The molecule has 7 heteroatoms. The average molecular weight is 237 g/mol. The Hall–Kier alpha value is -0.570. The highest BCUT2D eigenvalue weighted by molar-refractivity contribution is 5.85. The number of carbonyl (C=O) groups is 1. The van der Waals surface area contributed by atoms with Crippen molar-refractivity contribution in [1.82, 2.24) is 5.32 Å². The quantitative estimate of drug-likeness (QED) is 0.247. The van der Waals surface area contributed by atoms with Gasteiger partial charge in [0.15, 0.2) is 5.78 Å². The van der Waals surface area contributed by atoms with Crippen LogP contribution in [-0.2, 0) is 4.79 Å². The molecule has 0 aliphatic rings. The molecule has 7 nitrogen and oxygen atoms in total. The molecule has 16 heavy (non-hydrogen) atoms. The maximum Gasteiger partial charge on any atom is 0.177 e. The molecule has 4 atom stereocenters. The molecule has 0 rings (SSSR count). The van der Waals surface area contributed by atoms with Crippen molar-refractivity contribution in [3.05, 3.63) is 0 Å². The molecule has 0 aliphatic heterocycles. The minimum Gasteiger partial charge on any atom is -0.394 e. The molecule has 0 fully saturated rings. The van der Waals surface area contributed by atoms with Crippen molar-refractivity contribution in [2.75, 3.05) is 13.2 Å². The van der Waals surface area contributed by atoms with Gasteiger partial charge in [-0.1, -0.05) is 6.92 Å². The molecule has 0 saturated carbocycles. The molecule has 0 amide bonds. The van der Waals surface area contributed by atoms with E-state index < -0.39 is 36.9 Å². The number of aliphatic hydroxyl groups is 5. The van der Waals surface area contributed by atoms with Gasteiger partial charge in [0.05, 0.1) is 13.2 Å². The van der Waals surface area contributed by atoms with Gasteiger partial charge in [0.25, 0.3) is 0 Å². The Kier molecular flexibility index (Phi) is 7.39. The van der Waals surface area contributed by atoms with Gasteiger partial charge in [-0.3, -0.25) is 10.1 Å². The molecular formula is C9H19NO6. The lowest BCUT2D eigenvalue weighted by Gasteiger charge is -2.21. The molecule has 0 saturated heterocycles. The number of carbonyl (C=O) groups excluding carboxylic acids is 1. The first-order valence-corrected chi connectivity index (χ1v) is 5.03. The van der Waals surface area contributed by atoms with Crippen LogP contribution in [0.5, 0.6) is 0 Å². The second-order valence-electron chi connectivity index (χ2n) is 3.46. The van der Waals surface area contributed by atoms with Gasteiger partial charge in [0.1, 0.15) is 24.5 Å².